The maximum Gasteiger partial charge on any atom is 0.242 e. The molecule has 28 heavy (non-hydrogen) atoms. The van der Waals surface area contributed by atoms with Crippen LogP contribution in [0.4, 0.5) is 0 Å². The molecule has 0 spiro atoms. The van der Waals surface area contributed by atoms with Crippen molar-refractivity contribution in [3.8, 4) is 0 Å². The van der Waals surface area contributed by atoms with Gasteiger partial charge < -0.3 is 10.2 Å². The van der Waals surface area contributed by atoms with Gasteiger partial charge in [0, 0.05) is 46.7 Å². The van der Waals surface area contributed by atoms with Crippen LogP contribution in [0.15, 0.2) is 64.5 Å². The Bertz CT molecular complexity index is 926. The molecule has 3 rings (SSSR count). The average Bonchev–Trinajstić information content (AvgIpc) is 3.19. The summed E-state index contributed by atoms with van der Waals surface area (Å²) in [6.07, 6.45) is 1.08. The number of nitrogens with one attached hydrogen (secondary N) is 1. The Morgan fingerprint density at radius 2 is 1.82 bits per heavy atom. The first-order valence-electron chi connectivity index (χ1n) is 9.44. The van der Waals surface area contributed by atoms with E-state index < -0.39 is 10.0 Å². The zero-order valence-corrected chi connectivity index (χ0v) is 17.5. The molecule has 1 aliphatic heterocycles. The molecule has 0 aliphatic carbocycles. The van der Waals surface area contributed by atoms with Gasteiger partial charge in [-0.3, -0.25) is 4.99 Å². The molecule has 1 atom stereocenters. The molecule has 0 aromatic heterocycles. The van der Waals surface area contributed by atoms with Crippen molar-refractivity contribution in [2.24, 2.45) is 4.99 Å². The minimum absolute atomic E-state index is 0.325. The molecule has 2 aromatic carbocycles. The van der Waals surface area contributed by atoms with Crippen LogP contribution in [0.2, 0.25) is 0 Å². The highest BCUT2D eigenvalue weighted by Gasteiger charge is 2.26. The van der Waals surface area contributed by atoms with Crippen LogP contribution in [0.5, 0.6) is 0 Å². The molecule has 6 nitrogen and oxygen atoms in total. The Morgan fingerprint density at radius 3 is 2.50 bits per heavy atom. The number of benzene rings is 2. The third-order valence-electron chi connectivity index (χ3n) is 5.14. The highest BCUT2D eigenvalue weighted by molar-refractivity contribution is 7.89. The van der Waals surface area contributed by atoms with Gasteiger partial charge in [0.25, 0.3) is 0 Å². The fraction of sp³-hybridized carbons (Fsp3) is 0.381. The van der Waals surface area contributed by atoms with E-state index in [0.29, 0.717) is 17.4 Å². The lowest BCUT2D eigenvalue weighted by Crippen LogP contribution is -2.39. The van der Waals surface area contributed by atoms with Crippen LogP contribution < -0.4 is 5.32 Å². The first-order chi connectivity index (χ1) is 13.4. The number of likely N-dealkylation sites (tertiary alicyclic amines) is 1. The smallest absolute Gasteiger partial charge is 0.242 e. The molecular formula is C21H28N4O2S. The lowest BCUT2D eigenvalue weighted by molar-refractivity contribution is 0.485. The quantitative estimate of drug-likeness (QED) is 0.619. The Kier molecular flexibility index (Phi) is 6.36. The molecule has 1 unspecified atom stereocenters. The second-order valence-electron chi connectivity index (χ2n) is 7.14. The van der Waals surface area contributed by atoms with E-state index in [-0.39, 0.29) is 0 Å². The summed E-state index contributed by atoms with van der Waals surface area (Å²) in [6.45, 7) is 2.24. The van der Waals surface area contributed by atoms with E-state index in [1.807, 2.05) is 18.2 Å². The predicted octanol–water partition coefficient (Wildman–Crippen LogP) is 2.50. The fourth-order valence-corrected chi connectivity index (χ4v) is 4.67. The molecule has 1 heterocycles. The number of hydrogen-bond acceptors (Lipinski definition) is 3. The van der Waals surface area contributed by atoms with E-state index >= 15 is 0 Å². The van der Waals surface area contributed by atoms with Crippen molar-refractivity contribution in [3.63, 3.8) is 0 Å². The average molecular weight is 401 g/mol. The highest BCUT2D eigenvalue weighted by Crippen LogP contribution is 2.27. The number of nitrogens with zero attached hydrogens (tertiary/aromatic N) is 3. The molecule has 150 valence electrons. The van der Waals surface area contributed by atoms with Crippen LogP contribution in [0.25, 0.3) is 0 Å². The number of sulfonamides is 1. The molecule has 0 radical (unpaired) electrons. The van der Waals surface area contributed by atoms with Crippen molar-refractivity contribution in [2.75, 3.05) is 34.2 Å². The molecule has 1 aliphatic rings. The van der Waals surface area contributed by atoms with Gasteiger partial charge >= 0.3 is 0 Å². The third kappa shape index (κ3) is 4.36. The summed E-state index contributed by atoms with van der Waals surface area (Å²) in [4.78, 5) is 6.97. The van der Waals surface area contributed by atoms with Crippen LogP contribution in [-0.2, 0) is 16.6 Å². The van der Waals surface area contributed by atoms with Gasteiger partial charge in [-0.15, -0.1) is 0 Å². The van der Waals surface area contributed by atoms with Crippen molar-refractivity contribution in [3.05, 3.63) is 65.7 Å². The third-order valence-corrected chi connectivity index (χ3v) is 7.05. The summed E-state index contributed by atoms with van der Waals surface area (Å²) in [5.41, 5.74) is 2.08. The van der Waals surface area contributed by atoms with Crippen molar-refractivity contribution in [1.82, 2.24) is 14.5 Å². The van der Waals surface area contributed by atoms with Crippen molar-refractivity contribution >= 4 is 16.0 Å². The lowest BCUT2D eigenvalue weighted by Gasteiger charge is -2.23. The summed E-state index contributed by atoms with van der Waals surface area (Å²) in [5.74, 6) is 1.29. The highest BCUT2D eigenvalue weighted by atomic mass is 32.2. The maximum atomic E-state index is 12.6. The zero-order valence-electron chi connectivity index (χ0n) is 16.7. The van der Waals surface area contributed by atoms with Crippen molar-refractivity contribution in [2.45, 2.75) is 23.8 Å². The standard InChI is InChI=1S/C21H28N4O2S/c1-22-21(25-14-13-19(16-25)17-9-5-4-6-10-17)23-15-18-11-7-8-12-20(18)28(26,27)24(2)3/h4-12,19H,13-16H2,1-3H3,(H,22,23). The van der Waals surface area contributed by atoms with E-state index in [1.54, 1.807) is 33.3 Å². The first-order valence-corrected chi connectivity index (χ1v) is 10.9. The Labute approximate surface area is 167 Å². The SMILES string of the molecule is CN=C(NCc1ccccc1S(=O)(=O)N(C)C)N1CCC(c2ccccc2)C1. The monoisotopic (exact) mass is 400 g/mol. The molecule has 1 saturated heterocycles. The molecule has 1 fully saturated rings. The molecule has 2 aromatic rings. The van der Waals surface area contributed by atoms with Crippen LogP contribution in [-0.4, -0.2) is 57.8 Å². The van der Waals surface area contributed by atoms with Gasteiger partial charge in [-0.1, -0.05) is 48.5 Å². The Hall–Kier alpha value is -2.38. The molecular weight excluding hydrogens is 372 g/mol. The van der Waals surface area contributed by atoms with Gasteiger partial charge in [0.15, 0.2) is 5.96 Å². The number of guanidine groups is 1. The number of hydrogen-bond donors (Lipinski definition) is 1. The minimum atomic E-state index is -3.49. The normalized spacial score (nSPS) is 17.9. The van der Waals surface area contributed by atoms with Gasteiger partial charge in [-0.05, 0) is 23.6 Å². The Morgan fingerprint density at radius 1 is 1.14 bits per heavy atom. The van der Waals surface area contributed by atoms with Crippen LogP contribution in [0.3, 0.4) is 0 Å². The zero-order chi connectivity index (χ0) is 20.1. The van der Waals surface area contributed by atoms with Gasteiger partial charge in [-0.2, -0.15) is 0 Å². The molecule has 7 heteroatoms. The van der Waals surface area contributed by atoms with Crippen molar-refractivity contribution < 1.29 is 8.42 Å². The van der Waals surface area contributed by atoms with Crippen molar-refractivity contribution in [1.29, 1.82) is 0 Å². The molecule has 0 saturated carbocycles. The van der Waals surface area contributed by atoms with Gasteiger partial charge in [-0.25, -0.2) is 12.7 Å². The fourth-order valence-electron chi connectivity index (χ4n) is 3.55. The molecule has 1 N–H and O–H groups in total. The number of aliphatic imine (C=N–C) groups is 1. The summed E-state index contributed by atoms with van der Waals surface area (Å²) in [5, 5.41) is 3.34. The number of rotatable bonds is 5. The largest absolute Gasteiger partial charge is 0.352 e. The Balaban J connectivity index is 1.69. The topological polar surface area (TPSA) is 65.0 Å². The minimum Gasteiger partial charge on any atom is -0.352 e. The van der Waals surface area contributed by atoms with E-state index in [1.165, 1.54) is 9.87 Å². The van der Waals surface area contributed by atoms with E-state index in [4.69, 9.17) is 0 Å². The lowest BCUT2D eigenvalue weighted by atomic mass is 9.99. The van der Waals surface area contributed by atoms with E-state index in [9.17, 15) is 8.42 Å². The van der Waals surface area contributed by atoms with Crippen LogP contribution in [0.1, 0.15) is 23.5 Å². The van der Waals surface area contributed by atoms with Gasteiger partial charge in [0.1, 0.15) is 0 Å². The summed E-state index contributed by atoms with van der Waals surface area (Å²) < 4.78 is 26.4. The summed E-state index contributed by atoms with van der Waals surface area (Å²) in [6, 6.07) is 17.6. The summed E-state index contributed by atoms with van der Waals surface area (Å²) >= 11 is 0. The van der Waals surface area contributed by atoms with Crippen LogP contribution >= 0.6 is 0 Å². The predicted molar refractivity (Wildman–Crippen MR) is 113 cm³/mol. The summed E-state index contributed by atoms with van der Waals surface area (Å²) in [7, 11) is 1.37. The van der Waals surface area contributed by atoms with E-state index in [2.05, 4.69) is 39.5 Å². The second kappa shape index (κ2) is 8.75. The van der Waals surface area contributed by atoms with E-state index in [0.717, 1.165) is 31.0 Å². The first kappa shape index (κ1) is 20.4. The van der Waals surface area contributed by atoms with Gasteiger partial charge in [0.2, 0.25) is 10.0 Å². The van der Waals surface area contributed by atoms with Crippen LogP contribution in [0, 0.1) is 0 Å². The second-order valence-corrected chi connectivity index (χ2v) is 9.26. The van der Waals surface area contributed by atoms with Gasteiger partial charge in [0.05, 0.1) is 4.90 Å². The molecule has 0 amide bonds. The molecule has 0 bridgehead atoms. The maximum absolute atomic E-state index is 12.6.